The van der Waals surface area contributed by atoms with Gasteiger partial charge in [-0.2, -0.15) is 0 Å². The van der Waals surface area contributed by atoms with E-state index in [1.54, 1.807) is 12.5 Å². The van der Waals surface area contributed by atoms with Crippen LogP contribution in [0.5, 0.6) is 5.75 Å². The van der Waals surface area contributed by atoms with E-state index < -0.39 is 5.97 Å². The Hall–Kier alpha value is -2.93. The fraction of sp³-hybridized carbons (Fsp3) is 0.594. The lowest BCUT2D eigenvalue weighted by Gasteiger charge is -2.40. The number of aromatic carboxylic acids is 1. The van der Waals surface area contributed by atoms with Crippen LogP contribution in [0.25, 0.3) is 0 Å². The van der Waals surface area contributed by atoms with Crippen molar-refractivity contribution < 1.29 is 19.4 Å². The van der Waals surface area contributed by atoms with Crippen LogP contribution in [-0.2, 0) is 13.0 Å². The van der Waals surface area contributed by atoms with Crippen molar-refractivity contribution in [2.75, 3.05) is 26.2 Å². The summed E-state index contributed by atoms with van der Waals surface area (Å²) in [5.74, 6) is 1.39. The molecule has 0 bridgehead atoms. The van der Waals surface area contributed by atoms with Crippen LogP contribution in [0.2, 0.25) is 0 Å². The Kier molecular flexibility index (Phi) is 7.36. The van der Waals surface area contributed by atoms with Crippen molar-refractivity contribution in [3.05, 3.63) is 57.4 Å². The van der Waals surface area contributed by atoms with Crippen molar-refractivity contribution in [1.29, 1.82) is 0 Å². The van der Waals surface area contributed by atoms with Crippen molar-refractivity contribution in [2.45, 2.75) is 96.1 Å². The molecule has 0 atom stereocenters. The van der Waals surface area contributed by atoms with Crippen LogP contribution in [0.1, 0.15) is 119 Å². The Morgan fingerprint density at radius 2 is 1.77 bits per heavy atom. The number of hydrogen-bond acceptors (Lipinski definition) is 5. The summed E-state index contributed by atoms with van der Waals surface area (Å²) in [6.07, 6.45) is 10.4. The highest BCUT2D eigenvalue weighted by molar-refractivity contribution is 5.99. The second-order valence-electron chi connectivity index (χ2n) is 12.0. The number of carbonyl (C=O) groups excluding carboxylic acids is 1. The third-order valence-corrected chi connectivity index (χ3v) is 9.32. The molecule has 7 heteroatoms. The second-order valence-corrected chi connectivity index (χ2v) is 12.0. The van der Waals surface area contributed by atoms with Crippen molar-refractivity contribution >= 4 is 11.9 Å². The van der Waals surface area contributed by atoms with Crippen LogP contribution >= 0.6 is 0 Å². The van der Waals surface area contributed by atoms with Gasteiger partial charge in [0.25, 0.3) is 5.91 Å². The normalized spacial score (nSPS) is 20.9. The standard InChI is InChI=1S/C32H41N3O4/c1-3-39-29-17-21(16-26(22-8-9-22)30(29)23-6-4-5-7-23)19-34-13-10-24(11-14-34)35-15-12-28-27(31(35)36)18-25(32(37)38)20(2)33-28/h16-18,22-24H,3-15,19H2,1-2H3,(H,37,38). The SMILES string of the molecule is CCOc1cc(CN2CCC(N3CCc4nc(C)c(C(=O)O)cc4C3=O)CC2)cc(C2CC2)c1C1CCCC1. The molecule has 1 aromatic heterocycles. The quantitative estimate of drug-likeness (QED) is 0.472. The predicted octanol–water partition coefficient (Wildman–Crippen LogP) is 5.68. The van der Waals surface area contributed by atoms with Gasteiger partial charge >= 0.3 is 5.97 Å². The summed E-state index contributed by atoms with van der Waals surface area (Å²) in [6.45, 7) is 7.95. The fourth-order valence-corrected chi connectivity index (χ4v) is 7.18. The molecule has 0 radical (unpaired) electrons. The molecule has 3 fully saturated rings. The molecule has 6 rings (SSSR count). The van der Waals surface area contributed by atoms with Gasteiger partial charge in [0.15, 0.2) is 0 Å². The first kappa shape index (κ1) is 26.3. The summed E-state index contributed by atoms with van der Waals surface area (Å²) in [7, 11) is 0. The highest BCUT2D eigenvalue weighted by Crippen LogP contribution is 2.50. The van der Waals surface area contributed by atoms with Crippen LogP contribution < -0.4 is 4.74 Å². The average Bonchev–Trinajstić information content (AvgIpc) is 3.63. The lowest BCUT2D eigenvalue weighted by atomic mass is 9.88. The monoisotopic (exact) mass is 531 g/mol. The number of ether oxygens (including phenoxy) is 1. The van der Waals surface area contributed by atoms with E-state index in [9.17, 15) is 14.7 Å². The molecule has 1 N–H and O–H groups in total. The number of amides is 1. The van der Waals surface area contributed by atoms with Crippen LogP contribution in [0.3, 0.4) is 0 Å². The number of piperidine rings is 1. The van der Waals surface area contributed by atoms with Crippen molar-refractivity contribution in [1.82, 2.24) is 14.8 Å². The van der Waals surface area contributed by atoms with Gasteiger partial charge in [-0.15, -0.1) is 0 Å². The van der Waals surface area contributed by atoms with Crippen molar-refractivity contribution in [3.63, 3.8) is 0 Å². The number of carboxylic acids is 1. The number of carbonyl (C=O) groups is 2. The van der Waals surface area contributed by atoms with Crippen molar-refractivity contribution in [2.24, 2.45) is 0 Å². The van der Waals surface area contributed by atoms with E-state index in [1.807, 2.05) is 4.90 Å². The van der Waals surface area contributed by atoms with Gasteiger partial charge in [0.1, 0.15) is 5.75 Å². The van der Waals surface area contributed by atoms with Crippen molar-refractivity contribution in [3.8, 4) is 5.75 Å². The zero-order valence-electron chi connectivity index (χ0n) is 23.4. The third-order valence-electron chi connectivity index (χ3n) is 9.32. The maximum Gasteiger partial charge on any atom is 0.337 e. The number of aromatic nitrogens is 1. The fourth-order valence-electron chi connectivity index (χ4n) is 7.18. The topological polar surface area (TPSA) is 83.0 Å². The first-order chi connectivity index (χ1) is 18.9. The largest absolute Gasteiger partial charge is 0.494 e. The van der Waals surface area contributed by atoms with Gasteiger partial charge in [-0.3, -0.25) is 14.7 Å². The lowest BCUT2D eigenvalue weighted by molar-refractivity contribution is 0.0543. The number of hydrogen-bond donors (Lipinski definition) is 1. The van der Waals surface area contributed by atoms with Crippen LogP contribution in [0.15, 0.2) is 18.2 Å². The molecule has 1 aromatic carbocycles. The van der Waals surface area contributed by atoms with Crippen LogP contribution in [0, 0.1) is 6.92 Å². The molecule has 2 aromatic rings. The van der Waals surface area contributed by atoms with Gasteiger partial charge in [0, 0.05) is 44.2 Å². The Balaban J connectivity index is 1.14. The molecular formula is C32H41N3O4. The number of fused-ring (bicyclic) bond motifs is 1. The van der Waals surface area contributed by atoms with E-state index in [-0.39, 0.29) is 17.5 Å². The Morgan fingerprint density at radius 1 is 1.03 bits per heavy atom. The lowest BCUT2D eigenvalue weighted by Crippen LogP contribution is -2.50. The van der Waals surface area contributed by atoms with E-state index in [4.69, 9.17) is 4.74 Å². The summed E-state index contributed by atoms with van der Waals surface area (Å²) in [5, 5.41) is 9.51. The van der Waals surface area contributed by atoms with Gasteiger partial charge in [0.2, 0.25) is 0 Å². The molecule has 2 aliphatic carbocycles. The highest BCUT2D eigenvalue weighted by Gasteiger charge is 2.35. The van der Waals surface area contributed by atoms with Gasteiger partial charge < -0.3 is 14.7 Å². The molecule has 1 saturated heterocycles. The highest BCUT2D eigenvalue weighted by atomic mass is 16.5. The number of aryl methyl sites for hydroxylation is 1. The van der Waals surface area contributed by atoms with Gasteiger partial charge in [0.05, 0.1) is 29.1 Å². The molecule has 4 aliphatic rings. The van der Waals surface area contributed by atoms with Crippen LogP contribution in [-0.4, -0.2) is 64.0 Å². The first-order valence-electron chi connectivity index (χ1n) is 15.0. The number of rotatable bonds is 8. The van der Waals surface area contributed by atoms with E-state index in [0.717, 1.165) is 43.9 Å². The maximum atomic E-state index is 13.4. The second kappa shape index (κ2) is 10.9. The Morgan fingerprint density at radius 3 is 2.44 bits per heavy atom. The molecule has 208 valence electrons. The molecule has 39 heavy (non-hydrogen) atoms. The third kappa shape index (κ3) is 5.30. The smallest absolute Gasteiger partial charge is 0.337 e. The average molecular weight is 532 g/mol. The Bertz CT molecular complexity index is 1260. The number of likely N-dealkylation sites (tertiary alicyclic amines) is 1. The van der Waals surface area contributed by atoms with E-state index >= 15 is 0 Å². The summed E-state index contributed by atoms with van der Waals surface area (Å²) >= 11 is 0. The van der Waals surface area contributed by atoms with Crippen LogP contribution in [0.4, 0.5) is 0 Å². The summed E-state index contributed by atoms with van der Waals surface area (Å²) in [4.78, 5) is 33.9. The van der Waals surface area contributed by atoms with Gasteiger partial charge in [-0.05, 0) is 87.5 Å². The molecule has 1 amide bonds. The predicted molar refractivity (Wildman–Crippen MR) is 150 cm³/mol. The molecule has 7 nitrogen and oxygen atoms in total. The molecule has 0 unspecified atom stereocenters. The number of benzene rings is 1. The summed E-state index contributed by atoms with van der Waals surface area (Å²) in [5.41, 5.74) is 6.21. The molecule has 2 aliphatic heterocycles. The summed E-state index contributed by atoms with van der Waals surface area (Å²) < 4.78 is 6.26. The molecule has 2 saturated carbocycles. The minimum Gasteiger partial charge on any atom is -0.494 e. The number of nitrogens with zero attached hydrogens (tertiary/aromatic N) is 3. The van der Waals surface area contributed by atoms with E-state index in [2.05, 4.69) is 28.9 Å². The molecule has 3 heterocycles. The minimum absolute atomic E-state index is 0.0670. The number of pyridine rings is 1. The number of carboxylic acid groups (broad SMARTS) is 1. The molecular weight excluding hydrogens is 490 g/mol. The zero-order chi connectivity index (χ0) is 27.1. The van der Waals surface area contributed by atoms with Gasteiger partial charge in [-0.25, -0.2) is 4.79 Å². The van der Waals surface area contributed by atoms with E-state index in [1.165, 1.54) is 55.7 Å². The minimum atomic E-state index is -1.03. The Labute approximate surface area is 231 Å². The van der Waals surface area contributed by atoms with Gasteiger partial charge in [-0.1, -0.05) is 18.9 Å². The molecule has 0 spiro atoms. The zero-order valence-corrected chi connectivity index (χ0v) is 23.4. The first-order valence-corrected chi connectivity index (χ1v) is 15.0. The van der Waals surface area contributed by atoms with E-state index in [0.29, 0.717) is 42.7 Å². The maximum absolute atomic E-state index is 13.4. The summed E-state index contributed by atoms with van der Waals surface area (Å²) in [6, 6.07) is 6.52.